The summed E-state index contributed by atoms with van der Waals surface area (Å²) in [6, 6.07) is 9.33. The van der Waals surface area contributed by atoms with Gasteiger partial charge in [-0.05, 0) is 43.2 Å². The van der Waals surface area contributed by atoms with Crippen LogP contribution in [0.15, 0.2) is 30.3 Å². The van der Waals surface area contributed by atoms with E-state index < -0.39 is 5.41 Å². The number of benzene rings is 1. The molecule has 0 saturated heterocycles. The Hall–Kier alpha value is -0.830. The largest absolute Gasteiger partial charge is 0.426 e. The van der Waals surface area contributed by atoms with Crippen LogP contribution in [0.1, 0.15) is 33.6 Å². The van der Waals surface area contributed by atoms with Crippen LogP contribution in [0.5, 0.6) is 5.75 Å². The molecule has 0 unspecified atom stereocenters. The quantitative estimate of drug-likeness (QED) is 0.467. The molecule has 2 nitrogen and oxygen atoms in total. The van der Waals surface area contributed by atoms with Crippen molar-refractivity contribution < 1.29 is 9.53 Å². The van der Waals surface area contributed by atoms with Gasteiger partial charge in [0.2, 0.25) is 0 Å². The zero-order chi connectivity index (χ0) is 14.1. The summed E-state index contributed by atoms with van der Waals surface area (Å²) in [6.07, 6.45) is 1.96. The van der Waals surface area contributed by atoms with E-state index >= 15 is 0 Å². The van der Waals surface area contributed by atoms with E-state index in [0.717, 1.165) is 18.2 Å². The molecule has 1 fully saturated rings. The van der Waals surface area contributed by atoms with Crippen molar-refractivity contribution >= 4 is 21.9 Å². The molecule has 0 spiro atoms. The predicted molar refractivity (Wildman–Crippen MR) is 80.5 cm³/mol. The van der Waals surface area contributed by atoms with Crippen molar-refractivity contribution in [3.05, 3.63) is 30.3 Å². The van der Waals surface area contributed by atoms with Gasteiger partial charge in [-0.1, -0.05) is 48.0 Å². The van der Waals surface area contributed by atoms with Crippen LogP contribution in [0.25, 0.3) is 0 Å². The van der Waals surface area contributed by atoms with Gasteiger partial charge in [-0.2, -0.15) is 0 Å². The Morgan fingerprint density at radius 3 is 2.47 bits per heavy atom. The highest BCUT2D eigenvalue weighted by Gasteiger charge is 2.56. The number of ether oxygens (including phenoxy) is 1. The first-order valence-corrected chi connectivity index (χ1v) is 7.87. The van der Waals surface area contributed by atoms with E-state index in [1.807, 2.05) is 37.3 Å². The fourth-order valence-electron chi connectivity index (χ4n) is 2.94. The van der Waals surface area contributed by atoms with Crippen LogP contribution < -0.4 is 4.74 Å². The summed E-state index contributed by atoms with van der Waals surface area (Å²) in [4.78, 5) is 12.6. The van der Waals surface area contributed by atoms with Gasteiger partial charge in [-0.3, -0.25) is 4.79 Å². The van der Waals surface area contributed by atoms with Crippen LogP contribution in [0.4, 0.5) is 0 Å². The van der Waals surface area contributed by atoms with Crippen LogP contribution in [0.2, 0.25) is 0 Å². The van der Waals surface area contributed by atoms with Crippen molar-refractivity contribution in [1.29, 1.82) is 0 Å². The van der Waals surface area contributed by atoms with Gasteiger partial charge in [-0.15, -0.1) is 0 Å². The maximum absolute atomic E-state index is 12.6. The van der Waals surface area contributed by atoms with Crippen molar-refractivity contribution in [1.82, 2.24) is 0 Å². The van der Waals surface area contributed by atoms with Gasteiger partial charge in [0.15, 0.2) is 0 Å². The van der Waals surface area contributed by atoms with Crippen molar-refractivity contribution in [2.75, 3.05) is 5.33 Å². The van der Waals surface area contributed by atoms with Gasteiger partial charge in [0, 0.05) is 5.33 Å². The second-order valence-corrected chi connectivity index (χ2v) is 6.79. The smallest absolute Gasteiger partial charge is 0.317 e. The SMILES string of the molecule is CC1(C)[C@@H](CBr)CC[C@]1(C)C(=O)Oc1ccccc1. The van der Waals surface area contributed by atoms with E-state index in [1.54, 1.807) is 0 Å². The molecule has 3 heteroatoms. The lowest BCUT2D eigenvalue weighted by molar-refractivity contribution is -0.151. The third-order valence-corrected chi connectivity index (χ3v) is 5.81. The minimum absolute atomic E-state index is 0.0532. The number of hydrogen-bond acceptors (Lipinski definition) is 2. The van der Waals surface area contributed by atoms with Crippen LogP contribution in [-0.4, -0.2) is 11.3 Å². The summed E-state index contributed by atoms with van der Waals surface area (Å²) >= 11 is 3.57. The van der Waals surface area contributed by atoms with Crippen LogP contribution in [0, 0.1) is 16.7 Å². The van der Waals surface area contributed by atoms with Gasteiger partial charge >= 0.3 is 5.97 Å². The molecule has 1 saturated carbocycles. The molecule has 1 aromatic carbocycles. The first-order chi connectivity index (χ1) is 8.91. The lowest BCUT2D eigenvalue weighted by Gasteiger charge is -2.39. The van der Waals surface area contributed by atoms with E-state index in [4.69, 9.17) is 4.74 Å². The number of esters is 1. The number of halogens is 1. The Balaban J connectivity index is 2.19. The molecule has 0 aromatic heterocycles. The van der Waals surface area contributed by atoms with Gasteiger partial charge < -0.3 is 4.74 Å². The third kappa shape index (κ3) is 2.45. The number of alkyl halides is 1. The molecule has 0 N–H and O–H groups in total. The molecule has 0 aliphatic heterocycles. The van der Waals surface area contributed by atoms with Crippen LogP contribution >= 0.6 is 15.9 Å². The summed E-state index contributed by atoms with van der Waals surface area (Å²) in [5.74, 6) is 1.04. The maximum atomic E-state index is 12.6. The molecule has 2 atom stereocenters. The standard InChI is InChI=1S/C16H21BrO2/c1-15(2)12(11-17)9-10-16(15,3)14(18)19-13-7-5-4-6-8-13/h4-8,12H,9-11H2,1-3H3/t12-,16-/m1/s1. The Kier molecular flexibility index (Phi) is 4.05. The normalized spacial score (nSPS) is 29.2. The Morgan fingerprint density at radius 2 is 1.95 bits per heavy atom. The molecule has 1 aliphatic carbocycles. The van der Waals surface area contributed by atoms with E-state index in [2.05, 4.69) is 29.8 Å². The van der Waals surface area contributed by atoms with Crippen LogP contribution in [0.3, 0.4) is 0 Å². The number of carbonyl (C=O) groups excluding carboxylic acids is 1. The van der Waals surface area contributed by atoms with Gasteiger partial charge in [0.1, 0.15) is 5.75 Å². The van der Waals surface area contributed by atoms with Gasteiger partial charge in [-0.25, -0.2) is 0 Å². The third-order valence-electron chi connectivity index (χ3n) is 5.03. The summed E-state index contributed by atoms with van der Waals surface area (Å²) in [6.45, 7) is 6.40. The summed E-state index contributed by atoms with van der Waals surface area (Å²) in [5, 5.41) is 0.939. The van der Waals surface area contributed by atoms with E-state index in [9.17, 15) is 4.79 Å². The molecule has 1 aromatic rings. The topological polar surface area (TPSA) is 26.3 Å². The second-order valence-electron chi connectivity index (χ2n) is 6.15. The van der Waals surface area contributed by atoms with Crippen LogP contribution in [-0.2, 0) is 4.79 Å². The van der Waals surface area contributed by atoms with E-state index in [0.29, 0.717) is 11.7 Å². The zero-order valence-corrected chi connectivity index (χ0v) is 13.4. The van der Waals surface area contributed by atoms with Crippen molar-refractivity contribution in [3.63, 3.8) is 0 Å². The Morgan fingerprint density at radius 1 is 1.32 bits per heavy atom. The lowest BCUT2D eigenvalue weighted by Crippen LogP contribution is -2.43. The average Bonchev–Trinajstić information content (AvgIpc) is 2.62. The lowest BCUT2D eigenvalue weighted by atomic mass is 9.66. The highest BCUT2D eigenvalue weighted by Crippen LogP contribution is 2.56. The van der Waals surface area contributed by atoms with Gasteiger partial charge in [0.05, 0.1) is 5.41 Å². The van der Waals surface area contributed by atoms with Gasteiger partial charge in [0.25, 0.3) is 0 Å². The summed E-state index contributed by atoms with van der Waals surface area (Å²) in [7, 11) is 0. The van der Waals surface area contributed by atoms with Crippen molar-refractivity contribution in [2.24, 2.45) is 16.7 Å². The van der Waals surface area contributed by atoms with Crippen molar-refractivity contribution in [2.45, 2.75) is 33.6 Å². The summed E-state index contributed by atoms with van der Waals surface area (Å²) in [5.41, 5.74) is -0.469. The molecular formula is C16H21BrO2. The number of rotatable bonds is 3. The zero-order valence-electron chi connectivity index (χ0n) is 11.8. The Labute approximate surface area is 123 Å². The predicted octanol–water partition coefficient (Wildman–Crippen LogP) is 4.43. The summed E-state index contributed by atoms with van der Waals surface area (Å²) < 4.78 is 5.58. The molecule has 104 valence electrons. The average molecular weight is 325 g/mol. The first-order valence-electron chi connectivity index (χ1n) is 6.75. The molecular weight excluding hydrogens is 304 g/mol. The number of para-hydroxylation sites is 1. The molecule has 19 heavy (non-hydrogen) atoms. The number of hydrogen-bond donors (Lipinski definition) is 0. The highest BCUT2D eigenvalue weighted by atomic mass is 79.9. The van der Waals surface area contributed by atoms with E-state index in [1.165, 1.54) is 0 Å². The maximum Gasteiger partial charge on any atom is 0.317 e. The fraction of sp³-hybridized carbons (Fsp3) is 0.562. The molecule has 0 amide bonds. The molecule has 0 heterocycles. The Bertz CT molecular complexity index is 455. The molecule has 0 radical (unpaired) electrons. The molecule has 0 bridgehead atoms. The minimum Gasteiger partial charge on any atom is -0.426 e. The number of carbonyl (C=O) groups is 1. The monoisotopic (exact) mass is 324 g/mol. The minimum atomic E-state index is -0.415. The molecule has 1 aliphatic rings. The fourth-order valence-corrected chi connectivity index (χ4v) is 4.07. The highest BCUT2D eigenvalue weighted by molar-refractivity contribution is 9.09. The van der Waals surface area contributed by atoms with Crippen molar-refractivity contribution in [3.8, 4) is 5.75 Å². The first kappa shape index (κ1) is 14.6. The van der Waals surface area contributed by atoms with E-state index in [-0.39, 0.29) is 11.4 Å². The molecule has 2 rings (SSSR count). The second kappa shape index (κ2) is 5.28.